The molecule has 0 bridgehead atoms. The van der Waals surface area contributed by atoms with Gasteiger partial charge in [-0.2, -0.15) is 0 Å². The first-order valence-electron chi connectivity index (χ1n) is 7.70. The Hall–Kier alpha value is -0.610. The molecule has 1 amide bonds. The van der Waals surface area contributed by atoms with Crippen LogP contribution in [-0.2, 0) is 9.53 Å². The molecule has 19 heavy (non-hydrogen) atoms. The number of carbonyl (C=O) groups excluding carboxylic acids is 1. The minimum absolute atomic E-state index is 0.131. The van der Waals surface area contributed by atoms with Crippen LogP contribution >= 0.6 is 0 Å². The molecule has 1 aliphatic heterocycles. The Kier molecular flexibility index (Phi) is 8.07. The standard InChI is InChI=1S/C15H30N2O2/c1-12(2)9-13(11-16)10-15(18)17-7-6-14-5-3-4-8-19-14/h12-14H,3-11,16H2,1-2H3,(H,17,18)/t13-,14?/m0/s1. The van der Waals surface area contributed by atoms with Crippen LogP contribution in [0.15, 0.2) is 0 Å². The molecular weight excluding hydrogens is 240 g/mol. The predicted molar refractivity (Wildman–Crippen MR) is 77.8 cm³/mol. The lowest BCUT2D eigenvalue weighted by atomic mass is 9.94. The smallest absolute Gasteiger partial charge is 0.220 e. The molecule has 0 aromatic heterocycles. The van der Waals surface area contributed by atoms with E-state index in [1.54, 1.807) is 0 Å². The van der Waals surface area contributed by atoms with Gasteiger partial charge in [-0.1, -0.05) is 13.8 Å². The summed E-state index contributed by atoms with van der Waals surface area (Å²) in [7, 11) is 0. The first kappa shape index (κ1) is 16.4. The van der Waals surface area contributed by atoms with Crippen LogP contribution in [0, 0.1) is 11.8 Å². The number of hydrogen-bond donors (Lipinski definition) is 2. The summed E-state index contributed by atoms with van der Waals surface area (Å²) >= 11 is 0. The number of amides is 1. The Labute approximate surface area is 117 Å². The van der Waals surface area contributed by atoms with Crippen LogP contribution in [0.3, 0.4) is 0 Å². The topological polar surface area (TPSA) is 64.4 Å². The molecule has 112 valence electrons. The molecule has 2 atom stereocenters. The van der Waals surface area contributed by atoms with E-state index < -0.39 is 0 Å². The zero-order valence-electron chi connectivity index (χ0n) is 12.5. The quantitative estimate of drug-likeness (QED) is 0.709. The summed E-state index contributed by atoms with van der Waals surface area (Å²) in [6.07, 6.45) is 6.42. The van der Waals surface area contributed by atoms with E-state index in [-0.39, 0.29) is 5.91 Å². The summed E-state index contributed by atoms with van der Waals surface area (Å²) in [5, 5.41) is 2.99. The van der Waals surface area contributed by atoms with E-state index in [0.29, 0.717) is 30.9 Å². The fraction of sp³-hybridized carbons (Fsp3) is 0.933. The van der Waals surface area contributed by atoms with Crippen molar-refractivity contribution < 1.29 is 9.53 Å². The van der Waals surface area contributed by atoms with E-state index in [0.717, 1.165) is 32.4 Å². The summed E-state index contributed by atoms with van der Waals surface area (Å²) in [5.41, 5.74) is 5.71. The molecule has 0 spiro atoms. The largest absolute Gasteiger partial charge is 0.378 e. The molecule has 0 aromatic carbocycles. The highest BCUT2D eigenvalue weighted by molar-refractivity contribution is 5.76. The fourth-order valence-corrected chi connectivity index (χ4v) is 2.67. The summed E-state index contributed by atoms with van der Waals surface area (Å²) in [6.45, 7) is 6.53. The van der Waals surface area contributed by atoms with Gasteiger partial charge in [-0.3, -0.25) is 4.79 Å². The van der Waals surface area contributed by atoms with Crippen LogP contribution in [0.5, 0.6) is 0 Å². The summed E-state index contributed by atoms with van der Waals surface area (Å²) < 4.78 is 5.64. The molecule has 1 fully saturated rings. The second kappa shape index (κ2) is 9.32. The molecule has 0 aromatic rings. The Bertz CT molecular complexity index is 251. The van der Waals surface area contributed by atoms with Gasteiger partial charge in [0.05, 0.1) is 6.10 Å². The van der Waals surface area contributed by atoms with Gasteiger partial charge in [0.2, 0.25) is 5.91 Å². The minimum atomic E-state index is 0.131. The predicted octanol–water partition coefficient (Wildman–Crippen LogP) is 2.07. The van der Waals surface area contributed by atoms with Crippen LogP contribution in [-0.4, -0.2) is 31.7 Å². The summed E-state index contributed by atoms with van der Waals surface area (Å²) in [6, 6.07) is 0. The van der Waals surface area contributed by atoms with Crippen LogP contribution < -0.4 is 11.1 Å². The molecule has 1 rings (SSSR count). The van der Waals surface area contributed by atoms with Crippen molar-refractivity contribution in [3.05, 3.63) is 0 Å². The molecule has 1 heterocycles. The Balaban J connectivity index is 2.12. The maximum absolute atomic E-state index is 11.8. The summed E-state index contributed by atoms with van der Waals surface area (Å²) in [4.78, 5) is 11.8. The van der Waals surface area contributed by atoms with Crippen molar-refractivity contribution in [2.75, 3.05) is 19.7 Å². The highest BCUT2D eigenvalue weighted by Crippen LogP contribution is 2.16. The van der Waals surface area contributed by atoms with Crippen molar-refractivity contribution in [1.29, 1.82) is 0 Å². The average Bonchev–Trinajstić information content (AvgIpc) is 2.38. The van der Waals surface area contributed by atoms with Crippen LogP contribution in [0.1, 0.15) is 52.4 Å². The number of nitrogens with one attached hydrogen (secondary N) is 1. The zero-order valence-corrected chi connectivity index (χ0v) is 12.5. The van der Waals surface area contributed by atoms with Gasteiger partial charge in [0.25, 0.3) is 0 Å². The lowest BCUT2D eigenvalue weighted by Gasteiger charge is -2.22. The molecule has 1 unspecified atom stereocenters. The van der Waals surface area contributed by atoms with Gasteiger partial charge in [0, 0.05) is 19.6 Å². The van der Waals surface area contributed by atoms with Gasteiger partial charge >= 0.3 is 0 Å². The lowest BCUT2D eigenvalue weighted by molar-refractivity contribution is -0.122. The van der Waals surface area contributed by atoms with Crippen molar-refractivity contribution in [2.45, 2.75) is 58.5 Å². The third-order valence-corrected chi connectivity index (χ3v) is 3.67. The van der Waals surface area contributed by atoms with E-state index >= 15 is 0 Å². The maximum atomic E-state index is 11.8. The third kappa shape index (κ3) is 7.53. The van der Waals surface area contributed by atoms with Crippen molar-refractivity contribution in [3.8, 4) is 0 Å². The van der Waals surface area contributed by atoms with Crippen molar-refractivity contribution in [1.82, 2.24) is 5.32 Å². The second-order valence-corrected chi connectivity index (χ2v) is 6.06. The number of hydrogen-bond acceptors (Lipinski definition) is 3. The van der Waals surface area contributed by atoms with Crippen LogP contribution in [0.2, 0.25) is 0 Å². The Morgan fingerprint density at radius 2 is 2.21 bits per heavy atom. The number of carbonyl (C=O) groups is 1. The molecule has 1 aliphatic rings. The van der Waals surface area contributed by atoms with Gasteiger partial charge in [0.15, 0.2) is 0 Å². The van der Waals surface area contributed by atoms with Crippen molar-refractivity contribution >= 4 is 5.91 Å². The first-order chi connectivity index (χ1) is 9.11. The maximum Gasteiger partial charge on any atom is 0.220 e. The van der Waals surface area contributed by atoms with E-state index in [4.69, 9.17) is 10.5 Å². The van der Waals surface area contributed by atoms with Crippen molar-refractivity contribution in [3.63, 3.8) is 0 Å². The normalized spacial score (nSPS) is 21.4. The first-order valence-corrected chi connectivity index (χ1v) is 7.70. The van der Waals surface area contributed by atoms with Gasteiger partial charge in [-0.15, -0.1) is 0 Å². The molecule has 0 radical (unpaired) electrons. The average molecular weight is 270 g/mol. The SMILES string of the molecule is CC(C)C[C@H](CN)CC(=O)NCCC1CCCCO1. The highest BCUT2D eigenvalue weighted by atomic mass is 16.5. The molecule has 0 aliphatic carbocycles. The molecule has 1 saturated heterocycles. The highest BCUT2D eigenvalue weighted by Gasteiger charge is 2.16. The Morgan fingerprint density at radius 1 is 1.42 bits per heavy atom. The summed E-state index contributed by atoms with van der Waals surface area (Å²) in [5.74, 6) is 1.04. The third-order valence-electron chi connectivity index (χ3n) is 3.67. The number of nitrogens with two attached hydrogens (primary N) is 1. The van der Waals surface area contributed by atoms with Crippen LogP contribution in [0.25, 0.3) is 0 Å². The van der Waals surface area contributed by atoms with E-state index in [9.17, 15) is 4.79 Å². The van der Waals surface area contributed by atoms with Crippen molar-refractivity contribution in [2.24, 2.45) is 17.6 Å². The lowest BCUT2D eigenvalue weighted by Crippen LogP contribution is -2.32. The van der Waals surface area contributed by atoms with E-state index in [2.05, 4.69) is 19.2 Å². The van der Waals surface area contributed by atoms with Gasteiger partial charge < -0.3 is 15.8 Å². The molecular formula is C15H30N2O2. The number of ether oxygens (including phenoxy) is 1. The molecule has 3 N–H and O–H groups in total. The van der Waals surface area contributed by atoms with Gasteiger partial charge in [0.1, 0.15) is 0 Å². The molecule has 0 saturated carbocycles. The fourth-order valence-electron chi connectivity index (χ4n) is 2.67. The van der Waals surface area contributed by atoms with E-state index in [1.807, 2.05) is 0 Å². The Morgan fingerprint density at radius 3 is 2.79 bits per heavy atom. The van der Waals surface area contributed by atoms with Crippen LogP contribution in [0.4, 0.5) is 0 Å². The van der Waals surface area contributed by atoms with Gasteiger partial charge in [-0.05, 0) is 50.5 Å². The second-order valence-electron chi connectivity index (χ2n) is 6.06. The van der Waals surface area contributed by atoms with Gasteiger partial charge in [-0.25, -0.2) is 0 Å². The number of rotatable bonds is 8. The molecule has 4 nitrogen and oxygen atoms in total. The zero-order chi connectivity index (χ0) is 14.1. The van der Waals surface area contributed by atoms with E-state index in [1.165, 1.54) is 12.8 Å². The molecule has 4 heteroatoms. The monoisotopic (exact) mass is 270 g/mol. The minimum Gasteiger partial charge on any atom is -0.378 e.